The molecule has 0 radical (unpaired) electrons. The first-order valence-electron chi connectivity index (χ1n) is 13.7. The molecule has 0 aliphatic carbocycles. The number of carbonyl (C=O) groups excluding carboxylic acids is 1. The molecule has 0 spiro atoms. The Balaban J connectivity index is 1.74. The number of anilines is 2. The van der Waals surface area contributed by atoms with Crippen LogP contribution in [0.2, 0.25) is 0 Å². The van der Waals surface area contributed by atoms with Gasteiger partial charge in [-0.05, 0) is 42.0 Å². The van der Waals surface area contributed by atoms with Crippen LogP contribution in [0.15, 0.2) is 82.5 Å². The number of non-ortho nitro benzene ring substituents is 1. The van der Waals surface area contributed by atoms with Gasteiger partial charge in [-0.3, -0.25) is 19.6 Å². The second-order valence-electron chi connectivity index (χ2n) is 11.4. The van der Waals surface area contributed by atoms with E-state index in [0.29, 0.717) is 37.6 Å². The monoisotopic (exact) mass is 571 g/mol. The fourth-order valence-electron chi connectivity index (χ4n) is 6.43. The van der Waals surface area contributed by atoms with Crippen LogP contribution in [0, 0.1) is 10.1 Å². The number of Topliss-reactive ketones (excluding diaryl/α,β-unsaturated/α-hetero) is 1. The smallest absolute Gasteiger partial charge is 0.269 e. The molecule has 0 amide bonds. The van der Waals surface area contributed by atoms with Gasteiger partial charge in [-0.15, -0.1) is 0 Å². The van der Waals surface area contributed by atoms with Crippen LogP contribution >= 0.6 is 7.21 Å². The number of hydrogen-bond acceptors (Lipinski definition) is 7. The van der Waals surface area contributed by atoms with Gasteiger partial charge in [0.15, 0.2) is 5.78 Å². The first kappa shape index (κ1) is 27.4. The van der Waals surface area contributed by atoms with Gasteiger partial charge in [-0.25, -0.2) is 4.74 Å². The van der Waals surface area contributed by atoms with Gasteiger partial charge in [0, 0.05) is 79.7 Å². The average molecular weight is 572 g/mol. The van der Waals surface area contributed by atoms with Crippen LogP contribution in [0.5, 0.6) is 0 Å². The normalized spacial score (nSPS) is 23.3. The van der Waals surface area contributed by atoms with Gasteiger partial charge in [0.2, 0.25) is 0 Å². The summed E-state index contributed by atoms with van der Waals surface area (Å²) in [5.41, 5.74) is 4.98. The molecule has 1 unspecified atom stereocenters. The van der Waals surface area contributed by atoms with E-state index in [4.69, 9.17) is 9.48 Å². The summed E-state index contributed by atoms with van der Waals surface area (Å²) in [7, 11) is 3.07. The maximum atomic E-state index is 14.9. The fraction of sp³-hybridized carbons (Fsp3) is 0.323. The summed E-state index contributed by atoms with van der Waals surface area (Å²) in [6.07, 6.45) is 0. The third-order valence-electron chi connectivity index (χ3n) is 8.41. The van der Waals surface area contributed by atoms with Crippen molar-refractivity contribution in [3.8, 4) is 0 Å². The summed E-state index contributed by atoms with van der Waals surface area (Å²) < 4.78 is 13.6. The highest BCUT2D eigenvalue weighted by Crippen LogP contribution is 2.69. The molecule has 9 nitrogen and oxygen atoms in total. The lowest BCUT2D eigenvalue weighted by Gasteiger charge is -2.39. The van der Waals surface area contributed by atoms with E-state index in [1.807, 2.05) is 44.2 Å². The predicted molar refractivity (Wildman–Crippen MR) is 164 cm³/mol. The molecule has 0 aromatic heterocycles. The summed E-state index contributed by atoms with van der Waals surface area (Å²) in [6, 6.07) is 20.8. The highest BCUT2D eigenvalue weighted by Gasteiger charge is 2.53. The fourth-order valence-corrected chi connectivity index (χ4v) is 10.7. The number of ether oxygens (including phenoxy) is 1. The molecule has 3 aliphatic heterocycles. The van der Waals surface area contributed by atoms with Crippen molar-refractivity contribution in [2.24, 2.45) is 4.74 Å². The lowest BCUT2D eigenvalue weighted by Crippen LogP contribution is -2.37. The first-order valence-corrected chi connectivity index (χ1v) is 15.4. The molecule has 0 bridgehead atoms. The van der Waals surface area contributed by atoms with Gasteiger partial charge in [0.25, 0.3) is 5.69 Å². The number of morpholine rings is 1. The van der Waals surface area contributed by atoms with Crippen LogP contribution < -0.4 is 15.1 Å². The molecule has 1 saturated heterocycles. The first-order chi connectivity index (χ1) is 19.6. The highest BCUT2D eigenvalue weighted by molar-refractivity contribution is 7.78. The van der Waals surface area contributed by atoms with Crippen LogP contribution in [-0.4, -0.2) is 62.8 Å². The molecular formula is C31H34N5O4P. The van der Waals surface area contributed by atoms with Crippen LogP contribution in [-0.2, 0) is 10.2 Å². The summed E-state index contributed by atoms with van der Waals surface area (Å²) in [5.74, 6) is -0.00285. The Bertz CT molecular complexity index is 1660. The summed E-state index contributed by atoms with van der Waals surface area (Å²) in [5, 5.41) is 13.1. The molecule has 0 N–H and O–H groups in total. The molecule has 10 heteroatoms. The number of likely N-dealkylation sites (N-methyl/N-ethyl adjacent to an activating group) is 1. The van der Waals surface area contributed by atoms with E-state index in [1.54, 1.807) is 12.1 Å². The lowest BCUT2D eigenvalue weighted by molar-refractivity contribution is -0.384. The van der Waals surface area contributed by atoms with Gasteiger partial charge in [0.05, 0.1) is 29.1 Å². The van der Waals surface area contributed by atoms with Crippen molar-refractivity contribution < 1.29 is 14.5 Å². The zero-order valence-corrected chi connectivity index (χ0v) is 24.9. The minimum absolute atomic E-state index is 0.00285. The number of rotatable bonds is 4. The Morgan fingerprint density at radius 3 is 2.34 bits per heavy atom. The summed E-state index contributed by atoms with van der Waals surface area (Å²) in [4.78, 5) is 30.0. The Kier molecular flexibility index (Phi) is 6.64. The van der Waals surface area contributed by atoms with E-state index < -0.39 is 17.5 Å². The van der Waals surface area contributed by atoms with Crippen LogP contribution in [0.25, 0.3) is 0 Å². The van der Waals surface area contributed by atoms with Crippen LogP contribution in [0.3, 0.4) is 0 Å². The van der Waals surface area contributed by atoms with E-state index in [0.717, 1.165) is 33.3 Å². The van der Waals surface area contributed by atoms with Crippen LogP contribution in [0.4, 0.5) is 22.7 Å². The quantitative estimate of drug-likeness (QED) is 0.167. The van der Waals surface area contributed by atoms with Crippen molar-refractivity contribution in [3.63, 3.8) is 0 Å². The van der Waals surface area contributed by atoms with Crippen molar-refractivity contribution in [1.82, 2.24) is 4.67 Å². The van der Waals surface area contributed by atoms with Crippen molar-refractivity contribution in [3.05, 3.63) is 99.0 Å². The number of nitro benzene ring substituents is 1. The maximum Gasteiger partial charge on any atom is 0.269 e. The Morgan fingerprint density at radius 2 is 1.71 bits per heavy atom. The predicted octanol–water partition coefficient (Wildman–Crippen LogP) is 5.90. The van der Waals surface area contributed by atoms with Crippen molar-refractivity contribution in [2.75, 3.05) is 57.2 Å². The number of benzene rings is 3. The zero-order valence-electron chi connectivity index (χ0n) is 24.0. The Hall–Kier alpha value is -3.78. The number of nitrogens with zero attached hydrogens (tertiary/aromatic N) is 5. The zero-order chi connectivity index (χ0) is 29.1. The SMILES string of the molecule is CN(C)c1ccc2c(c1)C(=O)C(=C1N(C)c3ccccc3C1(C)C)P2(=Nc1ccc([N+](=O)[O-])cc1)N1CCOCC1. The second kappa shape index (κ2) is 9.94. The number of para-hydroxylation sites is 1. The molecule has 1 fully saturated rings. The number of carbonyl (C=O) groups is 1. The molecule has 1 atom stereocenters. The minimum Gasteiger partial charge on any atom is -0.379 e. The van der Waals surface area contributed by atoms with Crippen LogP contribution in [0.1, 0.15) is 29.8 Å². The Morgan fingerprint density at radius 1 is 1.02 bits per heavy atom. The minimum atomic E-state index is -2.91. The van der Waals surface area contributed by atoms with E-state index in [-0.39, 0.29) is 11.5 Å². The van der Waals surface area contributed by atoms with E-state index in [1.165, 1.54) is 12.1 Å². The molecule has 3 aromatic rings. The third-order valence-corrected chi connectivity index (χ3v) is 12.3. The van der Waals surface area contributed by atoms with E-state index >= 15 is 0 Å². The number of fused-ring (bicyclic) bond motifs is 2. The molecule has 3 aliphatic rings. The van der Waals surface area contributed by atoms with Gasteiger partial charge in [-0.1, -0.05) is 32.0 Å². The van der Waals surface area contributed by atoms with E-state index in [2.05, 4.69) is 47.7 Å². The molecule has 3 heterocycles. The molecule has 41 heavy (non-hydrogen) atoms. The average Bonchev–Trinajstić information content (AvgIpc) is 3.32. The van der Waals surface area contributed by atoms with Crippen molar-refractivity contribution in [1.29, 1.82) is 0 Å². The number of hydrogen-bond donors (Lipinski definition) is 0. The topological polar surface area (TPSA) is 91.5 Å². The van der Waals surface area contributed by atoms with E-state index in [9.17, 15) is 14.9 Å². The van der Waals surface area contributed by atoms with Gasteiger partial charge < -0.3 is 14.5 Å². The maximum absolute atomic E-state index is 14.9. The van der Waals surface area contributed by atoms with Crippen molar-refractivity contribution in [2.45, 2.75) is 19.3 Å². The lowest BCUT2D eigenvalue weighted by atomic mass is 9.83. The number of allylic oxidation sites excluding steroid dienone is 2. The number of nitro groups is 1. The molecule has 3 aromatic carbocycles. The second-order valence-corrected chi connectivity index (χ2v) is 14.3. The molecule has 6 rings (SSSR count). The molecule has 212 valence electrons. The highest BCUT2D eigenvalue weighted by atomic mass is 31.2. The third kappa shape index (κ3) is 4.14. The largest absolute Gasteiger partial charge is 0.379 e. The summed E-state index contributed by atoms with van der Waals surface area (Å²) >= 11 is 0. The number of ketones is 1. The van der Waals surface area contributed by atoms with Gasteiger partial charge >= 0.3 is 0 Å². The summed E-state index contributed by atoms with van der Waals surface area (Å²) in [6.45, 7) is 6.69. The van der Waals surface area contributed by atoms with Gasteiger partial charge in [0.1, 0.15) is 7.21 Å². The Labute approximate surface area is 240 Å². The standard InChI is InChI=1S/C31H34N5O4P/c1-31(2)25-8-6-7-9-26(25)34(5)30(31)29-28(37)24-20-23(33(3)4)14-15-27(24)41(29,35-16-18-40-19-17-35)32-21-10-12-22(13-11-21)36(38)39/h6-15,20H,16-19H2,1-5H3. The van der Waals surface area contributed by atoms with Crippen molar-refractivity contribution >= 4 is 41.0 Å². The molecular weight excluding hydrogens is 537 g/mol. The molecule has 0 saturated carbocycles. The van der Waals surface area contributed by atoms with Gasteiger partial charge in [-0.2, -0.15) is 0 Å².